The average molecular weight is 397 g/mol. The predicted molar refractivity (Wildman–Crippen MR) is 100 cm³/mol. The summed E-state index contributed by atoms with van der Waals surface area (Å²) in [4.78, 5) is 13.5. The van der Waals surface area contributed by atoms with Gasteiger partial charge in [0.05, 0.1) is 16.0 Å². The molecule has 26 heavy (non-hydrogen) atoms. The van der Waals surface area contributed by atoms with E-state index in [1.165, 1.54) is 6.07 Å². The van der Waals surface area contributed by atoms with Crippen molar-refractivity contribution in [3.63, 3.8) is 0 Å². The second-order valence-corrected chi connectivity index (χ2v) is 7.11. The highest BCUT2D eigenvalue weighted by Gasteiger charge is 2.32. The maximum atomic E-state index is 14.3. The van der Waals surface area contributed by atoms with Crippen LogP contribution in [0.15, 0.2) is 36.4 Å². The lowest BCUT2D eigenvalue weighted by Gasteiger charge is -2.38. The highest BCUT2D eigenvalue weighted by atomic mass is 35.5. The fraction of sp³-hybridized carbons (Fsp3) is 0.316. The second kappa shape index (κ2) is 8.25. The van der Waals surface area contributed by atoms with E-state index in [0.29, 0.717) is 41.0 Å². The number of hydrogen-bond donors (Lipinski definition) is 1. The van der Waals surface area contributed by atoms with Crippen molar-refractivity contribution in [3.05, 3.63) is 63.4 Å². The molecule has 0 radical (unpaired) electrons. The van der Waals surface area contributed by atoms with Crippen molar-refractivity contribution in [2.45, 2.75) is 13.2 Å². The van der Waals surface area contributed by atoms with Gasteiger partial charge < -0.3 is 10.1 Å². The summed E-state index contributed by atoms with van der Waals surface area (Å²) in [7, 11) is 1.63. The zero-order valence-electron chi connectivity index (χ0n) is 14.3. The van der Waals surface area contributed by atoms with E-state index in [4.69, 9.17) is 27.9 Å². The van der Waals surface area contributed by atoms with Crippen molar-refractivity contribution in [3.8, 4) is 5.75 Å². The summed E-state index contributed by atoms with van der Waals surface area (Å²) in [5.41, 5.74) is 1.44. The summed E-state index contributed by atoms with van der Waals surface area (Å²) in [6.07, 6.45) is 0. The van der Waals surface area contributed by atoms with E-state index in [2.05, 4.69) is 5.32 Å². The largest absolute Gasteiger partial charge is 0.489 e. The van der Waals surface area contributed by atoms with Crippen LogP contribution >= 0.6 is 23.2 Å². The quantitative estimate of drug-likeness (QED) is 0.804. The molecule has 7 heteroatoms. The van der Waals surface area contributed by atoms with E-state index >= 15 is 0 Å². The lowest BCUT2D eigenvalue weighted by Crippen LogP contribution is -2.52. The Morgan fingerprint density at radius 3 is 2.65 bits per heavy atom. The van der Waals surface area contributed by atoms with Crippen molar-refractivity contribution >= 4 is 29.1 Å². The summed E-state index contributed by atoms with van der Waals surface area (Å²) in [5, 5.41) is 3.57. The molecule has 1 aliphatic heterocycles. The van der Waals surface area contributed by atoms with Crippen LogP contribution in [-0.4, -0.2) is 30.9 Å². The Morgan fingerprint density at radius 2 is 2.00 bits per heavy atom. The summed E-state index contributed by atoms with van der Waals surface area (Å²) in [5.74, 6) is 0.161. The molecule has 2 aromatic rings. The molecule has 1 saturated heterocycles. The highest BCUT2D eigenvalue weighted by Crippen LogP contribution is 2.25. The Labute approximate surface area is 161 Å². The van der Waals surface area contributed by atoms with Crippen molar-refractivity contribution < 1.29 is 13.9 Å². The number of hydrogen-bond acceptors (Lipinski definition) is 3. The first kappa shape index (κ1) is 19.0. The van der Waals surface area contributed by atoms with Gasteiger partial charge in [0, 0.05) is 38.3 Å². The first-order chi connectivity index (χ1) is 12.5. The number of nitrogens with zero attached hydrogens (tertiary/aromatic N) is 1. The van der Waals surface area contributed by atoms with E-state index < -0.39 is 0 Å². The molecule has 0 aromatic heterocycles. The van der Waals surface area contributed by atoms with E-state index in [1.54, 1.807) is 31.3 Å². The number of halogens is 3. The van der Waals surface area contributed by atoms with Gasteiger partial charge in [0.15, 0.2) is 0 Å². The molecular weight excluding hydrogens is 378 g/mol. The molecule has 1 amide bonds. The zero-order valence-corrected chi connectivity index (χ0v) is 15.8. The van der Waals surface area contributed by atoms with E-state index in [1.807, 2.05) is 11.0 Å². The Balaban J connectivity index is 1.54. The van der Waals surface area contributed by atoms with Gasteiger partial charge in [0.1, 0.15) is 18.2 Å². The molecule has 0 unspecified atom stereocenters. The van der Waals surface area contributed by atoms with Gasteiger partial charge in [-0.25, -0.2) is 4.39 Å². The molecule has 0 atom stereocenters. The fourth-order valence-corrected chi connectivity index (χ4v) is 3.17. The Bertz CT molecular complexity index is 810. The number of amides is 1. The minimum Gasteiger partial charge on any atom is -0.489 e. The maximum Gasteiger partial charge on any atom is 0.225 e. The molecule has 1 heterocycles. The van der Waals surface area contributed by atoms with E-state index in [0.717, 1.165) is 5.56 Å². The Morgan fingerprint density at radius 1 is 1.23 bits per heavy atom. The summed E-state index contributed by atoms with van der Waals surface area (Å²) < 4.78 is 19.9. The maximum absolute atomic E-state index is 14.3. The molecule has 1 fully saturated rings. The van der Waals surface area contributed by atoms with Gasteiger partial charge in [-0.15, -0.1) is 0 Å². The zero-order chi connectivity index (χ0) is 18.7. The SMILES string of the molecule is CNC(=O)C1CN(Cc2ccc(OCc3ccc(Cl)c(Cl)c3)cc2F)C1. The van der Waals surface area contributed by atoms with E-state index in [9.17, 15) is 9.18 Å². The van der Waals surface area contributed by atoms with Crippen LogP contribution in [0.1, 0.15) is 11.1 Å². The molecule has 0 spiro atoms. The number of carbonyl (C=O) groups excluding carboxylic acids is 1. The molecule has 0 bridgehead atoms. The summed E-state index contributed by atoms with van der Waals surface area (Å²) in [6, 6.07) is 10.1. The third kappa shape index (κ3) is 4.47. The fourth-order valence-electron chi connectivity index (χ4n) is 2.85. The van der Waals surface area contributed by atoms with Crippen LogP contribution in [-0.2, 0) is 17.9 Å². The molecule has 138 valence electrons. The smallest absolute Gasteiger partial charge is 0.225 e. The Kier molecular flexibility index (Phi) is 6.01. The molecule has 1 aliphatic rings. The number of nitrogens with one attached hydrogen (secondary N) is 1. The molecular formula is C19H19Cl2FN2O2. The standard InChI is InChI=1S/C19H19Cl2FN2O2/c1-23-19(25)14-9-24(10-14)8-13-3-4-15(7-18(13)22)26-11-12-2-5-16(20)17(21)6-12/h2-7,14H,8-11H2,1H3,(H,23,25). The third-order valence-electron chi connectivity index (χ3n) is 4.38. The minimum absolute atomic E-state index is 0.00290. The lowest BCUT2D eigenvalue weighted by atomic mass is 9.98. The number of likely N-dealkylation sites (tertiary alicyclic amines) is 1. The molecule has 4 nitrogen and oxygen atoms in total. The van der Waals surface area contributed by atoms with Crippen LogP contribution in [0.4, 0.5) is 4.39 Å². The molecule has 3 rings (SSSR count). The molecule has 1 N–H and O–H groups in total. The summed E-state index contributed by atoms with van der Waals surface area (Å²) in [6.45, 7) is 2.05. The van der Waals surface area contributed by atoms with Crippen LogP contribution in [0.25, 0.3) is 0 Å². The minimum atomic E-state index is -0.319. The monoisotopic (exact) mass is 396 g/mol. The van der Waals surface area contributed by atoms with Crippen LogP contribution in [0.5, 0.6) is 5.75 Å². The van der Waals surface area contributed by atoms with Gasteiger partial charge in [-0.05, 0) is 23.8 Å². The second-order valence-electron chi connectivity index (χ2n) is 6.30. The van der Waals surface area contributed by atoms with Gasteiger partial charge in [0.2, 0.25) is 5.91 Å². The van der Waals surface area contributed by atoms with Crippen molar-refractivity contribution in [1.29, 1.82) is 0 Å². The van der Waals surface area contributed by atoms with Gasteiger partial charge >= 0.3 is 0 Å². The van der Waals surface area contributed by atoms with Crippen molar-refractivity contribution in [2.75, 3.05) is 20.1 Å². The number of rotatable bonds is 6. The van der Waals surface area contributed by atoms with Crippen LogP contribution in [0, 0.1) is 11.7 Å². The topological polar surface area (TPSA) is 41.6 Å². The number of carbonyl (C=O) groups is 1. The lowest BCUT2D eigenvalue weighted by molar-refractivity contribution is -0.129. The van der Waals surface area contributed by atoms with Crippen molar-refractivity contribution in [2.24, 2.45) is 5.92 Å². The first-order valence-electron chi connectivity index (χ1n) is 8.25. The normalized spacial score (nSPS) is 14.8. The van der Waals surface area contributed by atoms with Crippen LogP contribution < -0.4 is 10.1 Å². The first-order valence-corrected chi connectivity index (χ1v) is 9.01. The van der Waals surface area contributed by atoms with Gasteiger partial charge in [-0.1, -0.05) is 35.3 Å². The van der Waals surface area contributed by atoms with E-state index in [-0.39, 0.29) is 24.2 Å². The third-order valence-corrected chi connectivity index (χ3v) is 5.12. The predicted octanol–water partition coefficient (Wildman–Crippen LogP) is 3.89. The molecule has 0 saturated carbocycles. The van der Waals surface area contributed by atoms with Gasteiger partial charge in [0.25, 0.3) is 0 Å². The van der Waals surface area contributed by atoms with Gasteiger partial charge in [-0.2, -0.15) is 0 Å². The van der Waals surface area contributed by atoms with Gasteiger partial charge in [-0.3, -0.25) is 9.69 Å². The number of benzene rings is 2. The van der Waals surface area contributed by atoms with Crippen LogP contribution in [0.3, 0.4) is 0 Å². The molecule has 0 aliphatic carbocycles. The average Bonchev–Trinajstić information content (AvgIpc) is 2.59. The molecule has 2 aromatic carbocycles. The summed E-state index contributed by atoms with van der Waals surface area (Å²) >= 11 is 11.9. The number of ether oxygens (including phenoxy) is 1. The highest BCUT2D eigenvalue weighted by molar-refractivity contribution is 6.42. The van der Waals surface area contributed by atoms with Crippen molar-refractivity contribution in [1.82, 2.24) is 10.2 Å². The Hall–Kier alpha value is -1.82. The van der Waals surface area contributed by atoms with Crippen LogP contribution in [0.2, 0.25) is 10.0 Å².